The summed E-state index contributed by atoms with van der Waals surface area (Å²) in [5.41, 5.74) is 0. The number of ether oxygens (including phenoxy) is 1. The molecule has 8 heavy (non-hydrogen) atoms. The highest BCUT2D eigenvalue weighted by molar-refractivity contribution is 5.83. The molecule has 1 saturated heterocycles. The molecule has 2 nitrogen and oxygen atoms in total. The van der Waals surface area contributed by atoms with Crippen molar-refractivity contribution < 1.29 is 9.53 Å². The van der Waals surface area contributed by atoms with Crippen LogP contribution in [0.3, 0.4) is 0 Å². The van der Waals surface area contributed by atoms with Gasteiger partial charge in [0.25, 0.3) is 0 Å². The van der Waals surface area contributed by atoms with E-state index in [1.165, 1.54) is 0 Å². The topological polar surface area (TPSA) is 26.3 Å². The van der Waals surface area contributed by atoms with Gasteiger partial charge in [-0.1, -0.05) is 6.92 Å². The third kappa shape index (κ3) is 0.757. The molecule has 0 aromatic carbocycles. The lowest BCUT2D eigenvalue weighted by Crippen LogP contribution is -2.12. The molecule has 0 amide bonds. The Kier molecular flexibility index (Phi) is 1.34. The molecule has 1 heterocycles. The fourth-order valence-corrected chi connectivity index (χ4v) is 0.751. The van der Waals surface area contributed by atoms with Gasteiger partial charge in [-0.05, 0) is 6.92 Å². The summed E-state index contributed by atoms with van der Waals surface area (Å²) in [7, 11) is 0. The van der Waals surface area contributed by atoms with Crippen LogP contribution in [0.5, 0.6) is 0 Å². The van der Waals surface area contributed by atoms with E-state index in [-0.39, 0.29) is 17.8 Å². The van der Waals surface area contributed by atoms with Crippen molar-refractivity contribution in [2.24, 2.45) is 5.92 Å². The maximum Gasteiger partial charge on any atom is 0.163 e. The first kappa shape index (κ1) is 5.76. The summed E-state index contributed by atoms with van der Waals surface area (Å²) in [5, 5.41) is 0. The van der Waals surface area contributed by atoms with Gasteiger partial charge in [0.2, 0.25) is 0 Å². The normalized spacial score (nSPS) is 38.5. The molecule has 1 rings (SSSR count). The highest BCUT2D eigenvalue weighted by Crippen LogP contribution is 2.15. The van der Waals surface area contributed by atoms with E-state index in [2.05, 4.69) is 0 Å². The number of hydrogen-bond acceptors (Lipinski definition) is 2. The van der Waals surface area contributed by atoms with E-state index in [0.717, 1.165) is 0 Å². The van der Waals surface area contributed by atoms with E-state index in [0.29, 0.717) is 6.61 Å². The Morgan fingerprint density at radius 2 is 2.25 bits per heavy atom. The minimum atomic E-state index is 0.120. The lowest BCUT2D eigenvalue weighted by molar-refractivity contribution is -0.120. The van der Waals surface area contributed by atoms with Gasteiger partial charge in [0, 0.05) is 5.92 Å². The summed E-state index contributed by atoms with van der Waals surface area (Å²) in [5.74, 6) is 0.354. The predicted octanol–water partition coefficient (Wildman–Crippen LogP) is 0.610. The third-order valence-corrected chi connectivity index (χ3v) is 1.70. The second kappa shape index (κ2) is 1.86. The largest absolute Gasteiger partial charge is 0.370 e. The van der Waals surface area contributed by atoms with Crippen LogP contribution in [-0.4, -0.2) is 18.5 Å². The second-order valence-electron chi connectivity index (χ2n) is 2.27. The molecule has 1 aliphatic heterocycles. The molecule has 46 valence electrons. The molecule has 2 heteroatoms. The Labute approximate surface area is 48.8 Å². The first-order valence-electron chi connectivity index (χ1n) is 2.86. The van der Waals surface area contributed by atoms with Gasteiger partial charge in [0.1, 0.15) is 6.61 Å². The van der Waals surface area contributed by atoms with Crippen LogP contribution in [0.4, 0.5) is 0 Å². The van der Waals surface area contributed by atoms with Gasteiger partial charge in [0.15, 0.2) is 5.78 Å². The monoisotopic (exact) mass is 114 g/mol. The zero-order valence-corrected chi connectivity index (χ0v) is 5.18. The van der Waals surface area contributed by atoms with Crippen LogP contribution in [0.15, 0.2) is 0 Å². The molecule has 0 spiro atoms. The van der Waals surface area contributed by atoms with E-state index < -0.39 is 0 Å². The van der Waals surface area contributed by atoms with Crippen molar-refractivity contribution in [1.82, 2.24) is 0 Å². The molecule has 0 aliphatic carbocycles. The average Bonchev–Trinajstić information content (AvgIpc) is 1.98. The second-order valence-corrected chi connectivity index (χ2v) is 2.27. The SMILES string of the molecule is CC1OCC(=O)C1C. The third-order valence-electron chi connectivity index (χ3n) is 1.70. The first-order chi connectivity index (χ1) is 3.72. The minimum Gasteiger partial charge on any atom is -0.370 e. The number of hydrogen-bond donors (Lipinski definition) is 0. The summed E-state index contributed by atoms with van der Waals surface area (Å²) >= 11 is 0. The summed E-state index contributed by atoms with van der Waals surface area (Å²) in [4.78, 5) is 10.7. The minimum absolute atomic E-state index is 0.120. The molecule has 2 atom stereocenters. The van der Waals surface area contributed by atoms with E-state index >= 15 is 0 Å². The fraction of sp³-hybridized carbons (Fsp3) is 0.833. The maximum absolute atomic E-state index is 10.7. The van der Waals surface area contributed by atoms with Crippen molar-refractivity contribution in [3.63, 3.8) is 0 Å². The van der Waals surface area contributed by atoms with Gasteiger partial charge < -0.3 is 4.74 Å². The van der Waals surface area contributed by atoms with Crippen LogP contribution in [0.25, 0.3) is 0 Å². The van der Waals surface area contributed by atoms with Gasteiger partial charge in [-0.15, -0.1) is 0 Å². The number of rotatable bonds is 0. The molecule has 0 N–H and O–H groups in total. The lowest BCUT2D eigenvalue weighted by Gasteiger charge is -2.02. The van der Waals surface area contributed by atoms with Gasteiger partial charge in [-0.25, -0.2) is 0 Å². The molecular formula is C6H10O2. The lowest BCUT2D eigenvalue weighted by atomic mass is 10.1. The molecule has 0 saturated carbocycles. The van der Waals surface area contributed by atoms with Crippen LogP contribution in [0, 0.1) is 5.92 Å². The summed E-state index contributed by atoms with van der Waals surface area (Å²) in [6.07, 6.45) is 0.141. The van der Waals surface area contributed by atoms with E-state index in [4.69, 9.17) is 4.74 Å². The highest BCUT2D eigenvalue weighted by Gasteiger charge is 2.27. The molecule has 0 radical (unpaired) electrons. The Morgan fingerprint density at radius 1 is 1.62 bits per heavy atom. The van der Waals surface area contributed by atoms with Crippen LogP contribution in [0.1, 0.15) is 13.8 Å². The van der Waals surface area contributed by atoms with Crippen molar-refractivity contribution in [3.8, 4) is 0 Å². The zero-order valence-electron chi connectivity index (χ0n) is 5.18. The van der Waals surface area contributed by atoms with Crippen molar-refractivity contribution in [1.29, 1.82) is 0 Å². The summed E-state index contributed by atoms with van der Waals surface area (Å²) < 4.78 is 5.03. The molecule has 2 unspecified atom stereocenters. The maximum atomic E-state index is 10.7. The van der Waals surface area contributed by atoms with Crippen LogP contribution in [-0.2, 0) is 9.53 Å². The standard InChI is InChI=1S/C6H10O2/c1-4-5(2)8-3-6(4)7/h4-5H,3H2,1-2H3. The van der Waals surface area contributed by atoms with Gasteiger partial charge >= 0.3 is 0 Å². The molecule has 0 bridgehead atoms. The van der Waals surface area contributed by atoms with Gasteiger partial charge in [-0.2, -0.15) is 0 Å². The van der Waals surface area contributed by atoms with Crippen LogP contribution >= 0.6 is 0 Å². The Morgan fingerprint density at radius 3 is 2.38 bits per heavy atom. The molecule has 1 aliphatic rings. The Bertz CT molecular complexity index is 109. The number of carbonyl (C=O) groups is 1. The Hall–Kier alpha value is -0.370. The van der Waals surface area contributed by atoms with Gasteiger partial charge in [0.05, 0.1) is 6.10 Å². The van der Waals surface area contributed by atoms with Crippen molar-refractivity contribution >= 4 is 5.78 Å². The summed E-state index contributed by atoms with van der Waals surface area (Å²) in [6.45, 7) is 4.15. The predicted molar refractivity (Wildman–Crippen MR) is 29.6 cm³/mol. The van der Waals surface area contributed by atoms with Crippen LogP contribution in [0.2, 0.25) is 0 Å². The highest BCUT2D eigenvalue weighted by atomic mass is 16.5. The van der Waals surface area contributed by atoms with Crippen LogP contribution < -0.4 is 0 Å². The zero-order chi connectivity index (χ0) is 6.15. The number of ketones is 1. The molecule has 0 aromatic rings. The average molecular weight is 114 g/mol. The van der Waals surface area contributed by atoms with E-state index in [9.17, 15) is 4.79 Å². The molecular weight excluding hydrogens is 104 g/mol. The molecule has 1 fully saturated rings. The van der Waals surface area contributed by atoms with Crippen molar-refractivity contribution in [2.45, 2.75) is 20.0 Å². The number of Topliss-reactive ketones (excluding diaryl/α,β-unsaturated/α-hetero) is 1. The van der Waals surface area contributed by atoms with Gasteiger partial charge in [-0.3, -0.25) is 4.79 Å². The summed E-state index contributed by atoms with van der Waals surface area (Å²) in [6, 6.07) is 0. The van der Waals surface area contributed by atoms with E-state index in [1.54, 1.807) is 0 Å². The first-order valence-corrected chi connectivity index (χ1v) is 2.86. The number of carbonyl (C=O) groups excluding carboxylic acids is 1. The van der Waals surface area contributed by atoms with Crippen molar-refractivity contribution in [2.75, 3.05) is 6.61 Å². The van der Waals surface area contributed by atoms with E-state index in [1.807, 2.05) is 13.8 Å². The Balaban J connectivity index is 2.56. The quantitative estimate of drug-likeness (QED) is 0.461. The molecule has 0 aromatic heterocycles. The smallest absolute Gasteiger partial charge is 0.163 e. The fourth-order valence-electron chi connectivity index (χ4n) is 0.751. The van der Waals surface area contributed by atoms with Crippen molar-refractivity contribution in [3.05, 3.63) is 0 Å².